The molecule has 1 N–H and O–H groups in total. The van der Waals surface area contributed by atoms with Crippen LogP contribution in [0.1, 0.15) is 64.5 Å². The van der Waals surface area contributed by atoms with Gasteiger partial charge in [0.1, 0.15) is 5.60 Å². The molecule has 5 rings (SSSR count). The van der Waals surface area contributed by atoms with Crippen molar-refractivity contribution in [2.45, 2.75) is 71.4 Å². The number of amides is 4. The summed E-state index contributed by atoms with van der Waals surface area (Å²) in [5.41, 5.74) is 2.66. The number of rotatable bonds is 4. The second kappa shape index (κ2) is 10.6. The maximum atomic E-state index is 12.4. The average Bonchev–Trinajstić information content (AvgIpc) is 3.26. The van der Waals surface area contributed by atoms with Gasteiger partial charge >= 0.3 is 12.1 Å². The molecule has 4 heterocycles. The number of likely N-dealkylation sites (tertiary alicyclic amines) is 2. The van der Waals surface area contributed by atoms with Gasteiger partial charge in [0.15, 0.2) is 0 Å². The molecular weight excluding hydrogens is 482 g/mol. The Labute approximate surface area is 225 Å². The number of benzene rings is 1. The Morgan fingerprint density at radius 1 is 1.03 bits per heavy atom. The van der Waals surface area contributed by atoms with Crippen molar-refractivity contribution in [3.05, 3.63) is 30.0 Å². The van der Waals surface area contributed by atoms with Crippen molar-refractivity contribution in [2.24, 2.45) is 5.92 Å². The minimum Gasteiger partial charge on any atom is -0.444 e. The molecule has 3 aliphatic heterocycles. The molecule has 0 aliphatic carbocycles. The van der Waals surface area contributed by atoms with E-state index in [0.29, 0.717) is 24.9 Å². The van der Waals surface area contributed by atoms with E-state index in [0.717, 1.165) is 75.0 Å². The number of aryl methyl sites for hydroxylation is 1. The second-order valence-electron chi connectivity index (χ2n) is 12.1. The van der Waals surface area contributed by atoms with Crippen molar-refractivity contribution in [1.29, 1.82) is 0 Å². The van der Waals surface area contributed by atoms with Gasteiger partial charge in [-0.05, 0) is 83.1 Å². The lowest BCUT2D eigenvalue weighted by atomic mass is 9.95. The molecule has 4 amide bonds. The van der Waals surface area contributed by atoms with E-state index in [9.17, 15) is 14.4 Å². The Bertz CT molecular complexity index is 1200. The highest BCUT2D eigenvalue weighted by molar-refractivity contribution is 6.06. The highest BCUT2D eigenvalue weighted by Gasteiger charge is 2.30. The van der Waals surface area contributed by atoms with Crippen molar-refractivity contribution in [2.75, 3.05) is 44.2 Å². The predicted molar refractivity (Wildman–Crippen MR) is 147 cm³/mol. The van der Waals surface area contributed by atoms with Gasteiger partial charge in [0, 0.05) is 74.5 Å². The number of nitrogens with one attached hydrogen (secondary N) is 1. The third-order valence-electron chi connectivity index (χ3n) is 8.12. The van der Waals surface area contributed by atoms with Crippen molar-refractivity contribution < 1.29 is 19.1 Å². The first-order valence-corrected chi connectivity index (χ1v) is 14.0. The fourth-order valence-electron chi connectivity index (χ4n) is 6.07. The minimum absolute atomic E-state index is 0.188. The summed E-state index contributed by atoms with van der Waals surface area (Å²) in [6.45, 7) is 13.0. The van der Waals surface area contributed by atoms with Gasteiger partial charge in [-0.1, -0.05) is 0 Å². The molecule has 2 aromatic rings. The number of carbonyl (C=O) groups excluding carboxylic acids is 3. The standard InChI is InChI=1S/C29H41N5O4/c1-20-17-25-22(18-24(20)34-16-10-26(35)30-27(34)36)7-15-33(25)23-8-11-31(12-9-23)19-21-5-13-32(14-6-21)28(37)38-29(2,3)4/h7,15,17-18,21,23H,5-6,8-14,16,19H2,1-4H3,(H,30,35,36). The Kier molecular flexibility index (Phi) is 7.40. The molecule has 0 spiro atoms. The summed E-state index contributed by atoms with van der Waals surface area (Å²) >= 11 is 0. The van der Waals surface area contributed by atoms with Gasteiger partial charge in [-0.25, -0.2) is 9.59 Å². The molecule has 9 nitrogen and oxygen atoms in total. The first kappa shape index (κ1) is 26.5. The lowest BCUT2D eigenvalue weighted by Crippen LogP contribution is -2.49. The molecule has 0 unspecified atom stereocenters. The van der Waals surface area contributed by atoms with Crippen molar-refractivity contribution in [3.63, 3.8) is 0 Å². The van der Waals surface area contributed by atoms with Crippen LogP contribution in [0.25, 0.3) is 10.9 Å². The molecule has 0 atom stereocenters. The van der Waals surface area contributed by atoms with E-state index in [4.69, 9.17) is 4.74 Å². The summed E-state index contributed by atoms with van der Waals surface area (Å²) in [6, 6.07) is 6.51. The molecule has 206 valence electrons. The Balaban J connectivity index is 1.15. The fourth-order valence-corrected chi connectivity index (χ4v) is 6.07. The van der Waals surface area contributed by atoms with Crippen LogP contribution < -0.4 is 10.2 Å². The van der Waals surface area contributed by atoms with Gasteiger partial charge in [-0.15, -0.1) is 0 Å². The van der Waals surface area contributed by atoms with Crippen LogP contribution in [0.3, 0.4) is 0 Å². The van der Waals surface area contributed by atoms with E-state index in [-0.39, 0.29) is 18.0 Å². The number of urea groups is 1. The lowest BCUT2D eigenvalue weighted by Gasteiger charge is -2.38. The monoisotopic (exact) mass is 523 g/mol. The van der Waals surface area contributed by atoms with E-state index in [1.165, 1.54) is 5.52 Å². The number of hydrogen-bond acceptors (Lipinski definition) is 5. The van der Waals surface area contributed by atoms with Gasteiger partial charge < -0.3 is 19.1 Å². The molecule has 3 aliphatic rings. The predicted octanol–water partition coefficient (Wildman–Crippen LogP) is 4.68. The summed E-state index contributed by atoms with van der Waals surface area (Å²) in [6.07, 6.45) is 6.60. The fraction of sp³-hybridized carbons (Fsp3) is 0.621. The molecule has 1 aromatic carbocycles. The molecular formula is C29H41N5O4. The second-order valence-corrected chi connectivity index (χ2v) is 12.1. The largest absolute Gasteiger partial charge is 0.444 e. The smallest absolute Gasteiger partial charge is 0.410 e. The number of ether oxygens (including phenoxy) is 1. The Morgan fingerprint density at radius 3 is 2.39 bits per heavy atom. The first-order valence-electron chi connectivity index (χ1n) is 14.0. The van der Waals surface area contributed by atoms with Gasteiger partial charge in [0.25, 0.3) is 0 Å². The van der Waals surface area contributed by atoms with Crippen molar-refractivity contribution >= 4 is 34.6 Å². The van der Waals surface area contributed by atoms with E-state index in [1.54, 1.807) is 4.90 Å². The van der Waals surface area contributed by atoms with E-state index < -0.39 is 5.60 Å². The minimum atomic E-state index is -0.449. The number of imide groups is 1. The molecule has 3 saturated heterocycles. The van der Waals surface area contributed by atoms with Crippen LogP contribution in [-0.2, 0) is 9.53 Å². The normalized spacial score (nSPS) is 20.7. The average molecular weight is 524 g/mol. The summed E-state index contributed by atoms with van der Waals surface area (Å²) in [5.74, 6) is 0.412. The topological polar surface area (TPSA) is 87.1 Å². The van der Waals surface area contributed by atoms with Gasteiger partial charge in [-0.2, -0.15) is 0 Å². The highest BCUT2D eigenvalue weighted by atomic mass is 16.6. The van der Waals surface area contributed by atoms with Crippen LogP contribution in [0.4, 0.5) is 15.3 Å². The number of fused-ring (bicyclic) bond motifs is 1. The number of aromatic nitrogens is 1. The molecule has 0 radical (unpaired) electrons. The maximum absolute atomic E-state index is 12.4. The van der Waals surface area contributed by atoms with E-state index in [1.807, 2.05) is 32.6 Å². The number of nitrogens with zero attached hydrogens (tertiary/aromatic N) is 4. The molecule has 1 aromatic heterocycles. The Morgan fingerprint density at radius 2 is 1.74 bits per heavy atom. The zero-order valence-electron chi connectivity index (χ0n) is 23.2. The first-order chi connectivity index (χ1) is 18.1. The zero-order chi connectivity index (χ0) is 27.0. The van der Waals surface area contributed by atoms with Crippen LogP contribution >= 0.6 is 0 Å². The van der Waals surface area contributed by atoms with Crippen LogP contribution in [0.2, 0.25) is 0 Å². The van der Waals surface area contributed by atoms with Crippen LogP contribution in [0.15, 0.2) is 24.4 Å². The molecule has 0 bridgehead atoms. The summed E-state index contributed by atoms with van der Waals surface area (Å²) < 4.78 is 7.94. The SMILES string of the molecule is Cc1cc2c(ccn2C2CCN(CC3CCN(C(=O)OC(C)(C)C)CC3)CC2)cc1N1CCC(=O)NC1=O. The molecule has 9 heteroatoms. The lowest BCUT2D eigenvalue weighted by molar-refractivity contribution is -0.120. The third kappa shape index (κ3) is 5.82. The summed E-state index contributed by atoms with van der Waals surface area (Å²) in [4.78, 5) is 42.4. The Hall–Kier alpha value is -3.07. The highest BCUT2D eigenvalue weighted by Crippen LogP contribution is 2.33. The van der Waals surface area contributed by atoms with Gasteiger partial charge in [-0.3, -0.25) is 15.0 Å². The molecule has 0 saturated carbocycles. The molecule has 38 heavy (non-hydrogen) atoms. The number of anilines is 1. The van der Waals surface area contributed by atoms with Crippen LogP contribution in [0, 0.1) is 12.8 Å². The number of piperidine rings is 2. The number of hydrogen-bond donors (Lipinski definition) is 1. The van der Waals surface area contributed by atoms with Gasteiger partial charge in [0.2, 0.25) is 5.91 Å². The quantitative estimate of drug-likeness (QED) is 0.629. The van der Waals surface area contributed by atoms with Crippen molar-refractivity contribution in [1.82, 2.24) is 19.7 Å². The summed E-state index contributed by atoms with van der Waals surface area (Å²) in [5, 5.41) is 3.54. The van der Waals surface area contributed by atoms with Crippen molar-refractivity contribution in [3.8, 4) is 0 Å². The van der Waals surface area contributed by atoms with Gasteiger partial charge in [0.05, 0.1) is 0 Å². The van der Waals surface area contributed by atoms with Crippen LogP contribution in [0.5, 0.6) is 0 Å². The summed E-state index contributed by atoms with van der Waals surface area (Å²) in [7, 11) is 0. The van der Waals surface area contributed by atoms with E-state index >= 15 is 0 Å². The molecule has 3 fully saturated rings. The van der Waals surface area contributed by atoms with E-state index in [2.05, 4.69) is 39.2 Å². The number of carbonyl (C=O) groups is 3. The zero-order valence-corrected chi connectivity index (χ0v) is 23.2. The van der Waals surface area contributed by atoms with Crippen LogP contribution in [-0.4, -0.2) is 77.3 Å². The third-order valence-corrected chi connectivity index (χ3v) is 8.12. The maximum Gasteiger partial charge on any atom is 0.410 e.